The minimum atomic E-state index is 0.0796. The predicted molar refractivity (Wildman–Crippen MR) is 86.4 cm³/mol. The Balaban J connectivity index is 1.71. The van der Waals surface area contributed by atoms with Gasteiger partial charge in [0, 0.05) is 18.1 Å². The molecule has 21 heavy (non-hydrogen) atoms. The number of carbonyl (C=O) groups excluding carboxylic acids is 1. The van der Waals surface area contributed by atoms with Gasteiger partial charge in [-0.15, -0.1) is 0 Å². The van der Waals surface area contributed by atoms with Crippen LogP contribution in [0.15, 0.2) is 24.3 Å². The third kappa shape index (κ3) is 5.30. The summed E-state index contributed by atoms with van der Waals surface area (Å²) >= 11 is 6.21. The first-order valence-corrected chi connectivity index (χ1v) is 7.94. The Kier molecular flexibility index (Phi) is 6.49. The van der Waals surface area contributed by atoms with Crippen molar-refractivity contribution < 1.29 is 4.79 Å². The molecule has 5 heteroatoms. The van der Waals surface area contributed by atoms with Gasteiger partial charge in [-0.1, -0.05) is 29.8 Å². The van der Waals surface area contributed by atoms with Crippen molar-refractivity contribution in [3.05, 3.63) is 34.9 Å². The minimum absolute atomic E-state index is 0.0796. The molecule has 1 aliphatic rings. The highest BCUT2D eigenvalue weighted by atomic mass is 35.5. The van der Waals surface area contributed by atoms with Gasteiger partial charge in [0.05, 0.1) is 6.54 Å². The lowest BCUT2D eigenvalue weighted by Crippen LogP contribution is -2.40. The highest BCUT2D eigenvalue weighted by Crippen LogP contribution is 2.21. The van der Waals surface area contributed by atoms with Gasteiger partial charge >= 0.3 is 0 Å². The Hall–Kier alpha value is -1.10. The lowest BCUT2D eigenvalue weighted by Gasteiger charge is -2.32. The molecular weight excluding hydrogens is 286 g/mol. The number of hydrogen-bond acceptors (Lipinski definition) is 3. The number of amides is 1. The van der Waals surface area contributed by atoms with Crippen LogP contribution in [-0.4, -0.2) is 44.0 Å². The summed E-state index contributed by atoms with van der Waals surface area (Å²) in [4.78, 5) is 13.9. The lowest BCUT2D eigenvalue weighted by atomic mass is 9.96. The highest BCUT2D eigenvalue weighted by Gasteiger charge is 2.20. The molecule has 1 aliphatic heterocycles. The number of benzene rings is 1. The van der Waals surface area contributed by atoms with E-state index < -0.39 is 0 Å². The van der Waals surface area contributed by atoms with Gasteiger partial charge in [0.2, 0.25) is 5.91 Å². The number of hydrogen-bond donors (Lipinski definition) is 2. The van der Waals surface area contributed by atoms with Crippen LogP contribution in [0.2, 0.25) is 5.02 Å². The van der Waals surface area contributed by atoms with E-state index in [9.17, 15) is 4.79 Å². The molecule has 0 atom stereocenters. The molecular formula is C16H24ClN3O. The molecule has 0 saturated carbocycles. The molecule has 1 saturated heterocycles. The maximum absolute atomic E-state index is 11.4. The van der Waals surface area contributed by atoms with Crippen molar-refractivity contribution in [3.8, 4) is 0 Å². The zero-order chi connectivity index (χ0) is 15.1. The van der Waals surface area contributed by atoms with E-state index in [2.05, 4.69) is 21.6 Å². The molecule has 1 amide bonds. The van der Waals surface area contributed by atoms with E-state index in [0.29, 0.717) is 12.5 Å². The molecule has 1 heterocycles. The Bertz CT molecular complexity index is 459. The van der Waals surface area contributed by atoms with Gasteiger partial charge in [0.1, 0.15) is 0 Å². The molecule has 1 fully saturated rings. The van der Waals surface area contributed by atoms with Gasteiger partial charge in [-0.05, 0) is 50.5 Å². The van der Waals surface area contributed by atoms with Crippen LogP contribution in [0.3, 0.4) is 0 Å². The summed E-state index contributed by atoms with van der Waals surface area (Å²) in [5.41, 5.74) is 1.19. The summed E-state index contributed by atoms with van der Waals surface area (Å²) in [5.74, 6) is 0.671. The van der Waals surface area contributed by atoms with E-state index in [-0.39, 0.29) is 5.91 Å². The average Bonchev–Trinajstić information content (AvgIpc) is 2.49. The fourth-order valence-corrected chi connectivity index (χ4v) is 2.89. The van der Waals surface area contributed by atoms with Crippen molar-refractivity contribution in [1.82, 2.24) is 15.5 Å². The number of halogens is 1. The Labute approximate surface area is 131 Å². The number of rotatable bonds is 6. The van der Waals surface area contributed by atoms with Crippen molar-refractivity contribution in [3.63, 3.8) is 0 Å². The van der Waals surface area contributed by atoms with Crippen LogP contribution in [0.5, 0.6) is 0 Å². The fraction of sp³-hybridized carbons (Fsp3) is 0.562. The molecule has 116 valence electrons. The smallest absolute Gasteiger partial charge is 0.233 e. The highest BCUT2D eigenvalue weighted by molar-refractivity contribution is 6.31. The summed E-state index contributed by atoms with van der Waals surface area (Å²) in [6.45, 7) is 4.24. The molecule has 0 radical (unpaired) electrons. The molecule has 2 N–H and O–H groups in total. The normalized spacial score (nSPS) is 16.9. The number of nitrogens with zero attached hydrogens (tertiary/aromatic N) is 1. The van der Waals surface area contributed by atoms with E-state index in [1.165, 1.54) is 5.56 Å². The van der Waals surface area contributed by atoms with Gasteiger partial charge < -0.3 is 10.6 Å². The Morgan fingerprint density at radius 2 is 2.05 bits per heavy atom. The second kappa shape index (κ2) is 8.37. The summed E-state index contributed by atoms with van der Waals surface area (Å²) in [5, 5.41) is 6.69. The third-order valence-corrected chi connectivity index (χ3v) is 4.35. The molecule has 0 bridgehead atoms. The molecule has 0 aromatic heterocycles. The third-order valence-electron chi connectivity index (χ3n) is 3.98. The van der Waals surface area contributed by atoms with Crippen molar-refractivity contribution in [2.45, 2.75) is 19.4 Å². The van der Waals surface area contributed by atoms with Crippen molar-refractivity contribution >= 4 is 17.5 Å². The van der Waals surface area contributed by atoms with Gasteiger partial charge in [0.15, 0.2) is 0 Å². The molecule has 0 aliphatic carbocycles. The number of carbonyl (C=O) groups is 1. The first kappa shape index (κ1) is 16.3. The lowest BCUT2D eigenvalue weighted by molar-refractivity contribution is -0.120. The van der Waals surface area contributed by atoms with E-state index in [0.717, 1.165) is 44.0 Å². The van der Waals surface area contributed by atoms with Gasteiger partial charge in [-0.3, -0.25) is 9.69 Å². The van der Waals surface area contributed by atoms with E-state index in [1.54, 1.807) is 7.05 Å². The number of piperidine rings is 1. The fourth-order valence-electron chi connectivity index (χ4n) is 2.70. The van der Waals surface area contributed by atoms with E-state index in [1.807, 2.05) is 18.2 Å². The van der Waals surface area contributed by atoms with Gasteiger partial charge in [0.25, 0.3) is 0 Å². The van der Waals surface area contributed by atoms with Crippen LogP contribution in [0, 0.1) is 5.92 Å². The quantitative estimate of drug-likeness (QED) is 0.843. The van der Waals surface area contributed by atoms with Crippen LogP contribution < -0.4 is 10.6 Å². The predicted octanol–water partition coefficient (Wildman–Crippen LogP) is 1.89. The summed E-state index contributed by atoms with van der Waals surface area (Å²) in [7, 11) is 1.78. The standard InChI is InChI=1S/C16H24ClN3O/c1-18-11-16(21)19-10-13-6-8-20(9-7-13)12-14-4-2-3-5-15(14)17/h2-5,13,18H,6-12H2,1H3,(H,19,21). The van der Waals surface area contributed by atoms with Crippen LogP contribution >= 0.6 is 11.6 Å². The van der Waals surface area contributed by atoms with Crippen molar-refractivity contribution in [2.75, 3.05) is 33.2 Å². The Morgan fingerprint density at radius 3 is 2.71 bits per heavy atom. The minimum Gasteiger partial charge on any atom is -0.355 e. The molecule has 0 spiro atoms. The molecule has 0 unspecified atom stereocenters. The summed E-state index contributed by atoms with van der Waals surface area (Å²) < 4.78 is 0. The van der Waals surface area contributed by atoms with Crippen LogP contribution in [0.25, 0.3) is 0 Å². The van der Waals surface area contributed by atoms with Crippen LogP contribution in [0.1, 0.15) is 18.4 Å². The van der Waals surface area contributed by atoms with Gasteiger partial charge in [-0.25, -0.2) is 0 Å². The monoisotopic (exact) mass is 309 g/mol. The molecule has 2 rings (SSSR count). The van der Waals surface area contributed by atoms with Gasteiger partial charge in [-0.2, -0.15) is 0 Å². The Morgan fingerprint density at radius 1 is 1.33 bits per heavy atom. The largest absolute Gasteiger partial charge is 0.355 e. The number of likely N-dealkylation sites (N-methyl/N-ethyl adjacent to an activating group) is 1. The maximum atomic E-state index is 11.4. The first-order chi connectivity index (χ1) is 10.2. The van der Waals surface area contributed by atoms with E-state index in [4.69, 9.17) is 11.6 Å². The summed E-state index contributed by atoms with van der Waals surface area (Å²) in [6, 6.07) is 8.03. The molecule has 1 aromatic carbocycles. The summed E-state index contributed by atoms with van der Waals surface area (Å²) in [6.07, 6.45) is 2.26. The molecule has 1 aromatic rings. The maximum Gasteiger partial charge on any atom is 0.233 e. The topological polar surface area (TPSA) is 44.4 Å². The first-order valence-electron chi connectivity index (χ1n) is 7.56. The second-order valence-electron chi connectivity index (χ2n) is 5.65. The van der Waals surface area contributed by atoms with Crippen LogP contribution in [0.4, 0.5) is 0 Å². The number of likely N-dealkylation sites (tertiary alicyclic amines) is 1. The average molecular weight is 310 g/mol. The number of nitrogens with one attached hydrogen (secondary N) is 2. The van der Waals surface area contributed by atoms with Crippen LogP contribution in [-0.2, 0) is 11.3 Å². The zero-order valence-electron chi connectivity index (χ0n) is 12.6. The van der Waals surface area contributed by atoms with Crippen molar-refractivity contribution in [1.29, 1.82) is 0 Å². The zero-order valence-corrected chi connectivity index (χ0v) is 13.3. The SMILES string of the molecule is CNCC(=O)NCC1CCN(Cc2ccccc2Cl)CC1. The molecule has 4 nitrogen and oxygen atoms in total. The van der Waals surface area contributed by atoms with Crippen molar-refractivity contribution in [2.24, 2.45) is 5.92 Å². The second-order valence-corrected chi connectivity index (χ2v) is 6.05. The van der Waals surface area contributed by atoms with E-state index >= 15 is 0 Å².